The van der Waals surface area contributed by atoms with Crippen LogP contribution in [0.1, 0.15) is 40.0 Å². The Hall–Kier alpha value is -0.680. The molecule has 2 atom stereocenters. The summed E-state index contributed by atoms with van der Waals surface area (Å²) < 4.78 is 5.61. The van der Waals surface area contributed by atoms with Crippen LogP contribution in [0.25, 0.3) is 0 Å². The molecule has 0 aromatic carbocycles. The van der Waals surface area contributed by atoms with Crippen molar-refractivity contribution in [2.75, 3.05) is 6.61 Å². The highest BCUT2D eigenvalue weighted by Crippen LogP contribution is 2.24. The van der Waals surface area contributed by atoms with Crippen LogP contribution >= 0.6 is 12.2 Å². The van der Waals surface area contributed by atoms with Gasteiger partial charge in [-0.15, -0.1) is 0 Å². The van der Waals surface area contributed by atoms with Crippen molar-refractivity contribution in [2.45, 2.75) is 51.7 Å². The molecule has 0 aromatic heterocycles. The average molecular weight is 258 g/mol. The Balaban J connectivity index is 2.53. The lowest BCUT2D eigenvalue weighted by Gasteiger charge is -2.36. The molecule has 1 aliphatic heterocycles. The van der Waals surface area contributed by atoms with Gasteiger partial charge >= 0.3 is 0 Å². The first-order valence-corrected chi connectivity index (χ1v) is 6.50. The minimum atomic E-state index is -0.351. The second-order valence-electron chi connectivity index (χ2n) is 5.17. The smallest absolute Gasteiger partial charge is 0.230 e. The summed E-state index contributed by atoms with van der Waals surface area (Å²) in [7, 11) is 0. The van der Waals surface area contributed by atoms with Gasteiger partial charge in [-0.05, 0) is 33.1 Å². The summed E-state index contributed by atoms with van der Waals surface area (Å²) in [5.74, 6) is -0.404. The van der Waals surface area contributed by atoms with E-state index in [1.807, 2.05) is 20.8 Å². The van der Waals surface area contributed by atoms with E-state index in [0.717, 1.165) is 12.8 Å². The van der Waals surface area contributed by atoms with E-state index < -0.39 is 0 Å². The molecule has 98 valence electrons. The van der Waals surface area contributed by atoms with Crippen LogP contribution in [0.4, 0.5) is 0 Å². The molecule has 0 aliphatic carbocycles. The Morgan fingerprint density at radius 1 is 1.65 bits per heavy atom. The number of rotatable bonds is 4. The van der Waals surface area contributed by atoms with Crippen molar-refractivity contribution < 1.29 is 9.53 Å². The fourth-order valence-corrected chi connectivity index (χ4v) is 2.45. The van der Waals surface area contributed by atoms with Gasteiger partial charge in [0.05, 0.1) is 16.5 Å². The molecule has 1 amide bonds. The number of nitrogens with one attached hydrogen (secondary N) is 1. The van der Waals surface area contributed by atoms with E-state index in [1.54, 1.807) is 0 Å². The lowest BCUT2D eigenvalue weighted by atomic mass is 9.93. The van der Waals surface area contributed by atoms with Crippen molar-refractivity contribution in [3.8, 4) is 0 Å². The Kier molecular flexibility index (Phi) is 4.89. The highest BCUT2D eigenvalue weighted by Gasteiger charge is 2.31. The molecule has 0 aromatic rings. The molecule has 2 unspecified atom stereocenters. The standard InChI is InChI=1S/C12H22N2O2S/c1-4-9(10(13)17)11(15)14-8-5-6-16-12(2,3)7-8/h8-9H,4-7H2,1-3H3,(H2,13,17)(H,14,15). The first kappa shape index (κ1) is 14.4. The second kappa shape index (κ2) is 5.78. The van der Waals surface area contributed by atoms with Gasteiger partial charge < -0.3 is 15.8 Å². The van der Waals surface area contributed by atoms with E-state index in [-0.39, 0.29) is 28.5 Å². The molecule has 0 bridgehead atoms. The van der Waals surface area contributed by atoms with Crippen LogP contribution in [0.5, 0.6) is 0 Å². The van der Waals surface area contributed by atoms with E-state index in [9.17, 15) is 4.79 Å². The normalized spacial score (nSPS) is 25.0. The zero-order valence-electron chi connectivity index (χ0n) is 10.8. The van der Waals surface area contributed by atoms with Crippen LogP contribution < -0.4 is 11.1 Å². The number of hydrogen-bond donors (Lipinski definition) is 2. The molecule has 1 fully saturated rings. The number of nitrogens with two attached hydrogens (primary N) is 1. The number of carbonyl (C=O) groups excluding carboxylic acids is 1. The van der Waals surface area contributed by atoms with Gasteiger partial charge in [0.1, 0.15) is 0 Å². The minimum absolute atomic E-state index is 0.0531. The Morgan fingerprint density at radius 3 is 2.76 bits per heavy atom. The molecule has 4 nitrogen and oxygen atoms in total. The number of hydrogen-bond acceptors (Lipinski definition) is 3. The van der Waals surface area contributed by atoms with E-state index >= 15 is 0 Å². The van der Waals surface area contributed by atoms with Crippen LogP contribution in [-0.2, 0) is 9.53 Å². The molecule has 5 heteroatoms. The first-order chi connectivity index (χ1) is 7.85. The SMILES string of the molecule is CCC(C(=O)NC1CCOC(C)(C)C1)C(N)=S. The maximum atomic E-state index is 12.0. The predicted octanol–water partition coefficient (Wildman–Crippen LogP) is 1.37. The molecule has 0 spiro atoms. The Bertz CT molecular complexity index is 305. The van der Waals surface area contributed by atoms with E-state index in [0.29, 0.717) is 13.0 Å². The molecular formula is C12H22N2O2S. The third-order valence-electron chi connectivity index (χ3n) is 3.11. The molecule has 0 radical (unpaired) electrons. The minimum Gasteiger partial charge on any atom is -0.393 e. The van der Waals surface area contributed by atoms with Crippen LogP contribution in [0, 0.1) is 5.92 Å². The average Bonchev–Trinajstić information content (AvgIpc) is 2.15. The van der Waals surface area contributed by atoms with Crippen LogP contribution in [0.3, 0.4) is 0 Å². The third kappa shape index (κ3) is 4.24. The summed E-state index contributed by atoms with van der Waals surface area (Å²) in [6, 6.07) is 0.162. The molecule has 0 saturated carbocycles. The van der Waals surface area contributed by atoms with Crippen LogP contribution in [0.15, 0.2) is 0 Å². The van der Waals surface area contributed by atoms with E-state index in [2.05, 4.69) is 5.32 Å². The molecular weight excluding hydrogens is 236 g/mol. The summed E-state index contributed by atoms with van der Waals surface area (Å²) in [6.07, 6.45) is 2.32. The largest absolute Gasteiger partial charge is 0.393 e. The Labute approximate surface area is 108 Å². The van der Waals surface area contributed by atoms with Gasteiger partial charge in [0.15, 0.2) is 0 Å². The monoisotopic (exact) mass is 258 g/mol. The molecule has 17 heavy (non-hydrogen) atoms. The van der Waals surface area contributed by atoms with Gasteiger partial charge in [-0.25, -0.2) is 0 Å². The fraction of sp³-hybridized carbons (Fsp3) is 0.833. The third-order valence-corrected chi connectivity index (χ3v) is 3.40. The zero-order chi connectivity index (χ0) is 13.1. The predicted molar refractivity (Wildman–Crippen MR) is 71.8 cm³/mol. The quantitative estimate of drug-likeness (QED) is 0.748. The van der Waals surface area contributed by atoms with Crippen molar-refractivity contribution in [1.29, 1.82) is 0 Å². The first-order valence-electron chi connectivity index (χ1n) is 6.09. The number of thiocarbonyl (C=S) groups is 1. The summed E-state index contributed by atoms with van der Waals surface area (Å²) in [6.45, 7) is 6.67. The Morgan fingerprint density at radius 2 is 2.29 bits per heavy atom. The van der Waals surface area contributed by atoms with Crippen molar-refractivity contribution in [3.05, 3.63) is 0 Å². The maximum Gasteiger partial charge on any atom is 0.230 e. The summed E-state index contributed by atoms with van der Waals surface area (Å²) in [4.78, 5) is 12.2. The summed E-state index contributed by atoms with van der Waals surface area (Å²) in [5, 5.41) is 3.02. The van der Waals surface area contributed by atoms with Crippen molar-refractivity contribution >= 4 is 23.1 Å². The van der Waals surface area contributed by atoms with E-state index in [1.165, 1.54) is 0 Å². The lowest BCUT2D eigenvalue weighted by molar-refractivity contribution is -0.126. The molecule has 1 aliphatic rings. The van der Waals surface area contributed by atoms with Gasteiger partial charge in [-0.3, -0.25) is 4.79 Å². The summed E-state index contributed by atoms with van der Waals surface area (Å²) in [5.41, 5.74) is 5.39. The topological polar surface area (TPSA) is 64.3 Å². The van der Waals surface area contributed by atoms with Gasteiger partial charge in [0.25, 0.3) is 0 Å². The molecule has 1 rings (SSSR count). The van der Waals surface area contributed by atoms with Crippen molar-refractivity contribution in [1.82, 2.24) is 5.32 Å². The molecule has 1 heterocycles. The molecule has 3 N–H and O–H groups in total. The van der Waals surface area contributed by atoms with E-state index in [4.69, 9.17) is 22.7 Å². The second-order valence-corrected chi connectivity index (χ2v) is 5.64. The van der Waals surface area contributed by atoms with Gasteiger partial charge in [-0.1, -0.05) is 19.1 Å². The molecule has 1 saturated heterocycles. The summed E-state index contributed by atoms with van der Waals surface area (Å²) >= 11 is 4.90. The number of carbonyl (C=O) groups is 1. The number of ether oxygens (including phenoxy) is 1. The highest BCUT2D eigenvalue weighted by molar-refractivity contribution is 7.80. The van der Waals surface area contributed by atoms with Crippen LogP contribution in [0.2, 0.25) is 0 Å². The lowest BCUT2D eigenvalue weighted by Crippen LogP contribution is -2.48. The number of amides is 1. The highest BCUT2D eigenvalue weighted by atomic mass is 32.1. The van der Waals surface area contributed by atoms with Gasteiger partial charge in [-0.2, -0.15) is 0 Å². The van der Waals surface area contributed by atoms with Crippen LogP contribution in [-0.4, -0.2) is 29.1 Å². The van der Waals surface area contributed by atoms with Crippen molar-refractivity contribution in [3.63, 3.8) is 0 Å². The zero-order valence-corrected chi connectivity index (χ0v) is 11.6. The van der Waals surface area contributed by atoms with Gasteiger partial charge in [0, 0.05) is 12.6 Å². The van der Waals surface area contributed by atoms with Crippen molar-refractivity contribution in [2.24, 2.45) is 11.7 Å². The fourth-order valence-electron chi connectivity index (χ4n) is 2.17. The van der Waals surface area contributed by atoms with Gasteiger partial charge in [0.2, 0.25) is 5.91 Å². The maximum absolute atomic E-state index is 12.0.